The van der Waals surface area contributed by atoms with Crippen molar-refractivity contribution in [3.05, 3.63) is 34.6 Å². The molecule has 0 bridgehead atoms. The predicted octanol–water partition coefficient (Wildman–Crippen LogP) is 1.81. The number of carbonyl (C=O) groups is 1. The summed E-state index contributed by atoms with van der Waals surface area (Å²) in [5.41, 5.74) is 2.67. The van der Waals surface area contributed by atoms with Crippen molar-refractivity contribution in [3.63, 3.8) is 0 Å². The Kier molecular flexibility index (Phi) is 4.53. The molecule has 2 rings (SSSR count). The van der Waals surface area contributed by atoms with Crippen LogP contribution in [0.5, 0.6) is 0 Å². The minimum absolute atomic E-state index is 0.124. The van der Waals surface area contributed by atoms with Crippen molar-refractivity contribution in [2.75, 3.05) is 26.2 Å². The van der Waals surface area contributed by atoms with Gasteiger partial charge in [0, 0.05) is 32.6 Å². The number of rotatable bonds is 3. The molecular formula is C15H21FN2O. The van der Waals surface area contributed by atoms with Gasteiger partial charge in [-0.1, -0.05) is 6.07 Å². The Morgan fingerprint density at radius 1 is 1.26 bits per heavy atom. The molecule has 1 N–H and O–H groups in total. The summed E-state index contributed by atoms with van der Waals surface area (Å²) in [7, 11) is 0. The Hall–Kier alpha value is -1.42. The Morgan fingerprint density at radius 2 is 1.89 bits per heavy atom. The minimum Gasteiger partial charge on any atom is -0.340 e. The fourth-order valence-corrected chi connectivity index (χ4v) is 2.35. The Balaban J connectivity index is 1.94. The third-order valence-electron chi connectivity index (χ3n) is 3.74. The second kappa shape index (κ2) is 6.15. The van der Waals surface area contributed by atoms with Crippen LogP contribution in [0.25, 0.3) is 0 Å². The summed E-state index contributed by atoms with van der Waals surface area (Å²) in [6.07, 6.45) is 0.870. The fourth-order valence-electron chi connectivity index (χ4n) is 2.35. The van der Waals surface area contributed by atoms with Crippen LogP contribution in [-0.2, 0) is 11.2 Å². The molecule has 1 aliphatic heterocycles. The molecule has 1 fully saturated rings. The number of amides is 1. The summed E-state index contributed by atoms with van der Waals surface area (Å²) >= 11 is 0. The lowest BCUT2D eigenvalue weighted by Crippen LogP contribution is -2.46. The number of nitrogens with one attached hydrogen (secondary N) is 1. The van der Waals surface area contributed by atoms with Gasteiger partial charge in [0.15, 0.2) is 0 Å². The molecule has 0 aliphatic carbocycles. The highest BCUT2D eigenvalue weighted by Crippen LogP contribution is 2.16. The van der Waals surface area contributed by atoms with E-state index in [4.69, 9.17) is 0 Å². The second-order valence-corrected chi connectivity index (χ2v) is 5.16. The third kappa shape index (κ3) is 3.53. The van der Waals surface area contributed by atoms with Crippen LogP contribution in [0.1, 0.15) is 23.1 Å². The van der Waals surface area contributed by atoms with Crippen molar-refractivity contribution in [2.45, 2.75) is 26.7 Å². The summed E-state index contributed by atoms with van der Waals surface area (Å²) in [6, 6.07) is 3.41. The highest BCUT2D eigenvalue weighted by atomic mass is 19.1. The fraction of sp³-hybridized carbons (Fsp3) is 0.533. The topological polar surface area (TPSA) is 32.3 Å². The normalized spacial score (nSPS) is 15.6. The molecule has 0 atom stereocenters. The van der Waals surface area contributed by atoms with Crippen LogP contribution >= 0.6 is 0 Å². The zero-order chi connectivity index (χ0) is 13.8. The van der Waals surface area contributed by atoms with Crippen molar-refractivity contribution in [3.8, 4) is 0 Å². The molecule has 0 aromatic heterocycles. The number of hydrogen-bond donors (Lipinski definition) is 1. The first-order chi connectivity index (χ1) is 9.08. The quantitative estimate of drug-likeness (QED) is 0.903. The van der Waals surface area contributed by atoms with E-state index < -0.39 is 0 Å². The van der Waals surface area contributed by atoms with E-state index in [1.165, 1.54) is 0 Å². The van der Waals surface area contributed by atoms with E-state index in [1.807, 2.05) is 24.8 Å². The second-order valence-electron chi connectivity index (χ2n) is 5.16. The van der Waals surface area contributed by atoms with E-state index in [2.05, 4.69) is 5.32 Å². The smallest absolute Gasteiger partial charge is 0.222 e. The molecule has 1 heterocycles. The van der Waals surface area contributed by atoms with Crippen molar-refractivity contribution in [2.24, 2.45) is 0 Å². The van der Waals surface area contributed by atoms with Gasteiger partial charge >= 0.3 is 0 Å². The van der Waals surface area contributed by atoms with Gasteiger partial charge in [0.2, 0.25) is 5.91 Å². The minimum atomic E-state index is -0.198. The number of carbonyl (C=O) groups excluding carboxylic acids is 1. The van der Waals surface area contributed by atoms with Crippen LogP contribution in [0.4, 0.5) is 4.39 Å². The van der Waals surface area contributed by atoms with E-state index in [1.54, 1.807) is 6.07 Å². The first-order valence-corrected chi connectivity index (χ1v) is 6.82. The molecule has 1 aromatic rings. The molecule has 4 heteroatoms. The van der Waals surface area contributed by atoms with Crippen LogP contribution in [0.15, 0.2) is 12.1 Å². The average molecular weight is 264 g/mol. The largest absolute Gasteiger partial charge is 0.340 e. The van der Waals surface area contributed by atoms with E-state index >= 15 is 0 Å². The monoisotopic (exact) mass is 264 g/mol. The molecule has 1 saturated heterocycles. The molecule has 0 spiro atoms. The first kappa shape index (κ1) is 14.0. The summed E-state index contributed by atoms with van der Waals surface area (Å²) in [5, 5.41) is 3.21. The number of benzene rings is 1. The number of piperazine rings is 1. The van der Waals surface area contributed by atoms with Gasteiger partial charge in [0.05, 0.1) is 0 Å². The summed E-state index contributed by atoms with van der Waals surface area (Å²) in [4.78, 5) is 13.9. The molecule has 1 aliphatic rings. The van der Waals surface area contributed by atoms with E-state index in [-0.39, 0.29) is 11.7 Å². The SMILES string of the molecule is Cc1cc(F)c(CCC(=O)N2CCNCC2)cc1C. The van der Waals surface area contributed by atoms with Crippen molar-refractivity contribution < 1.29 is 9.18 Å². The Labute approximate surface area is 113 Å². The number of hydrogen-bond acceptors (Lipinski definition) is 2. The molecule has 0 unspecified atom stereocenters. The van der Waals surface area contributed by atoms with Gasteiger partial charge in [0.25, 0.3) is 0 Å². The van der Waals surface area contributed by atoms with Crippen LogP contribution < -0.4 is 5.32 Å². The summed E-state index contributed by atoms with van der Waals surface area (Å²) in [6.45, 7) is 7.08. The van der Waals surface area contributed by atoms with Crippen LogP contribution in [-0.4, -0.2) is 37.0 Å². The average Bonchev–Trinajstić information content (AvgIpc) is 2.42. The van der Waals surface area contributed by atoms with Gasteiger partial charge in [0.1, 0.15) is 5.82 Å². The van der Waals surface area contributed by atoms with Gasteiger partial charge in [-0.25, -0.2) is 4.39 Å². The molecule has 1 amide bonds. The van der Waals surface area contributed by atoms with Gasteiger partial charge in [-0.15, -0.1) is 0 Å². The molecule has 0 saturated carbocycles. The maximum absolute atomic E-state index is 13.8. The Morgan fingerprint density at radius 3 is 2.58 bits per heavy atom. The van der Waals surface area contributed by atoms with Gasteiger partial charge < -0.3 is 10.2 Å². The lowest BCUT2D eigenvalue weighted by Gasteiger charge is -2.27. The van der Waals surface area contributed by atoms with E-state index in [0.717, 1.165) is 37.3 Å². The lowest BCUT2D eigenvalue weighted by molar-refractivity contribution is -0.131. The van der Waals surface area contributed by atoms with Gasteiger partial charge in [-0.05, 0) is 43.0 Å². The molecule has 104 valence electrons. The maximum Gasteiger partial charge on any atom is 0.222 e. The molecule has 3 nitrogen and oxygen atoms in total. The summed E-state index contributed by atoms with van der Waals surface area (Å²) in [5.74, 6) is -0.0738. The molecular weight excluding hydrogens is 243 g/mol. The molecule has 19 heavy (non-hydrogen) atoms. The molecule has 0 radical (unpaired) electrons. The van der Waals surface area contributed by atoms with Crippen LogP contribution in [0.3, 0.4) is 0 Å². The van der Waals surface area contributed by atoms with Crippen LogP contribution in [0, 0.1) is 19.7 Å². The predicted molar refractivity (Wildman–Crippen MR) is 73.6 cm³/mol. The summed E-state index contributed by atoms with van der Waals surface area (Å²) < 4.78 is 13.8. The highest BCUT2D eigenvalue weighted by Gasteiger charge is 2.16. The van der Waals surface area contributed by atoms with Crippen LogP contribution in [0.2, 0.25) is 0 Å². The van der Waals surface area contributed by atoms with Crippen molar-refractivity contribution >= 4 is 5.91 Å². The van der Waals surface area contributed by atoms with E-state index in [9.17, 15) is 9.18 Å². The Bertz CT molecular complexity index is 467. The van der Waals surface area contributed by atoms with Crippen molar-refractivity contribution in [1.29, 1.82) is 0 Å². The van der Waals surface area contributed by atoms with Gasteiger partial charge in [-0.2, -0.15) is 0 Å². The first-order valence-electron chi connectivity index (χ1n) is 6.82. The highest BCUT2D eigenvalue weighted by molar-refractivity contribution is 5.76. The number of aryl methyl sites for hydroxylation is 3. The maximum atomic E-state index is 13.8. The third-order valence-corrected chi connectivity index (χ3v) is 3.74. The lowest BCUT2D eigenvalue weighted by atomic mass is 10.0. The van der Waals surface area contributed by atoms with Gasteiger partial charge in [-0.3, -0.25) is 4.79 Å². The number of halogens is 1. The standard InChI is InChI=1S/C15H21FN2O/c1-11-9-13(14(16)10-12(11)2)3-4-15(19)18-7-5-17-6-8-18/h9-10,17H,3-8H2,1-2H3. The zero-order valence-corrected chi connectivity index (χ0v) is 11.6. The zero-order valence-electron chi connectivity index (χ0n) is 11.6. The molecule has 1 aromatic carbocycles. The van der Waals surface area contributed by atoms with Crippen molar-refractivity contribution in [1.82, 2.24) is 10.2 Å². The number of nitrogens with zero attached hydrogens (tertiary/aromatic N) is 1. The van der Waals surface area contributed by atoms with E-state index in [0.29, 0.717) is 18.4 Å².